The lowest BCUT2D eigenvalue weighted by molar-refractivity contribution is -0.124. The Morgan fingerprint density at radius 2 is 2.12 bits per heavy atom. The zero-order chi connectivity index (χ0) is 18.4. The van der Waals surface area contributed by atoms with E-state index in [-0.39, 0.29) is 36.4 Å². The molecule has 10 heteroatoms. The molecule has 3 atom stereocenters. The Kier molecular flexibility index (Phi) is 4.23. The molecule has 0 bridgehead atoms. The largest absolute Gasteiger partial charge is 0.434 e. The second-order valence-electron chi connectivity index (χ2n) is 6.03. The van der Waals surface area contributed by atoms with E-state index in [4.69, 9.17) is 15.3 Å². The van der Waals surface area contributed by atoms with Gasteiger partial charge >= 0.3 is 6.09 Å². The van der Waals surface area contributed by atoms with E-state index in [0.717, 1.165) is 11.0 Å². The quantitative estimate of drug-likeness (QED) is 0.823. The van der Waals surface area contributed by atoms with Gasteiger partial charge in [0.15, 0.2) is 6.10 Å². The lowest BCUT2D eigenvalue weighted by Gasteiger charge is -2.24. The van der Waals surface area contributed by atoms with E-state index in [1.807, 2.05) is 0 Å². The van der Waals surface area contributed by atoms with Gasteiger partial charge in [0.2, 0.25) is 5.12 Å². The maximum Gasteiger partial charge on any atom is 0.415 e. The summed E-state index contributed by atoms with van der Waals surface area (Å²) in [5.41, 5.74) is 5.58. The predicted octanol–water partition coefficient (Wildman–Crippen LogP) is 1.09. The van der Waals surface area contributed by atoms with Gasteiger partial charge in [-0.3, -0.25) is 14.5 Å². The van der Waals surface area contributed by atoms with Crippen molar-refractivity contribution in [2.24, 2.45) is 5.73 Å². The van der Waals surface area contributed by atoms with Crippen LogP contribution in [0.5, 0.6) is 0 Å². The highest BCUT2D eigenvalue weighted by atomic mass is 32.2. The number of nitrogens with two attached hydrogens (primary N) is 1. The van der Waals surface area contributed by atoms with Gasteiger partial charge in [0.05, 0.1) is 12.2 Å². The molecule has 0 unspecified atom stereocenters. The second-order valence-corrected chi connectivity index (χ2v) is 8.25. The first-order chi connectivity index (χ1) is 11.7. The van der Waals surface area contributed by atoms with Gasteiger partial charge in [0, 0.05) is 12.2 Å². The van der Waals surface area contributed by atoms with Crippen LogP contribution in [-0.2, 0) is 24.1 Å². The summed E-state index contributed by atoms with van der Waals surface area (Å²) in [7, 11) is -3.23. The van der Waals surface area contributed by atoms with Gasteiger partial charge in [-0.25, -0.2) is 18.2 Å². The fourth-order valence-corrected chi connectivity index (χ4v) is 4.28. The number of hydrogen-bond acceptors (Lipinski definition) is 6. The van der Waals surface area contributed by atoms with Crippen molar-refractivity contribution in [3.63, 3.8) is 0 Å². The van der Waals surface area contributed by atoms with Gasteiger partial charge in [0.25, 0.3) is 5.91 Å². The van der Waals surface area contributed by atoms with Crippen molar-refractivity contribution in [2.45, 2.75) is 24.9 Å². The SMILES string of the molecule is N=[S@]1(=O)CC[C@@H](c2ccc(N3C[C@H](C(N)=O)OC3=O)cc2F)CC1=O. The molecule has 134 valence electrons. The number of carbonyl (C=O) groups excluding carboxylic acids is 3. The van der Waals surface area contributed by atoms with E-state index in [9.17, 15) is 23.0 Å². The van der Waals surface area contributed by atoms with Crippen LogP contribution in [0.3, 0.4) is 0 Å². The molecule has 1 aromatic carbocycles. The van der Waals surface area contributed by atoms with Crippen LogP contribution in [0, 0.1) is 10.6 Å². The summed E-state index contributed by atoms with van der Waals surface area (Å²) in [4.78, 5) is 35.7. The van der Waals surface area contributed by atoms with E-state index in [1.54, 1.807) is 0 Å². The average Bonchev–Trinajstić information content (AvgIpc) is 2.92. The number of rotatable bonds is 3. The van der Waals surface area contributed by atoms with Gasteiger partial charge in [-0.1, -0.05) is 6.07 Å². The van der Waals surface area contributed by atoms with Crippen LogP contribution in [-0.4, -0.2) is 39.7 Å². The zero-order valence-corrected chi connectivity index (χ0v) is 13.9. The molecule has 2 heterocycles. The van der Waals surface area contributed by atoms with E-state index in [2.05, 4.69) is 0 Å². The molecule has 3 rings (SSSR count). The first kappa shape index (κ1) is 17.3. The molecule has 0 aliphatic carbocycles. The number of carbonyl (C=O) groups is 3. The third-order valence-electron chi connectivity index (χ3n) is 4.40. The standard InChI is InChI=1S/C15H16FN3O5S/c16-11-6-9(19-7-12(14(17)21)24-15(19)22)1-2-10(11)8-3-4-25(18,23)13(20)5-8/h1-2,6,8,12,18H,3-5,7H2,(H2,17,21)/t8-,12-,25+/m1/s1. The fraction of sp³-hybridized carbons (Fsp3) is 0.400. The minimum atomic E-state index is -3.23. The predicted molar refractivity (Wildman–Crippen MR) is 85.9 cm³/mol. The number of amides is 2. The van der Waals surface area contributed by atoms with Gasteiger partial charge in [-0.2, -0.15) is 0 Å². The number of benzene rings is 1. The van der Waals surface area contributed by atoms with E-state index < -0.39 is 44.7 Å². The molecule has 2 aliphatic rings. The number of ether oxygens (including phenoxy) is 1. The Labute approximate surface area is 143 Å². The van der Waals surface area contributed by atoms with E-state index >= 15 is 0 Å². The molecule has 8 nitrogen and oxygen atoms in total. The summed E-state index contributed by atoms with van der Waals surface area (Å²) in [5.74, 6) is -1.95. The Bertz CT molecular complexity index is 870. The van der Waals surface area contributed by atoms with Crippen LogP contribution in [0.25, 0.3) is 0 Å². The van der Waals surface area contributed by atoms with Crippen molar-refractivity contribution in [1.82, 2.24) is 0 Å². The molecule has 0 saturated carbocycles. The Morgan fingerprint density at radius 1 is 1.40 bits per heavy atom. The summed E-state index contributed by atoms with van der Waals surface area (Å²) in [6, 6.07) is 4.06. The van der Waals surface area contributed by atoms with Crippen molar-refractivity contribution >= 4 is 32.5 Å². The monoisotopic (exact) mass is 369 g/mol. The van der Waals surface area contributed by atoms with Gasteiger partial charge in [0.1, 0.15) is 15.5 Å². The number of primary amides is 1. The normalized spacial score (nSPS) is 29.6. The van der Waals surface area contributed by atoms with E-state index in [0.29, 0.717) is 0 Å². The summed E-state index contributed by atoms with van der Waals surface area (Å²) in [6.45, 7) is -0.101. The number of cyclic esters (lactones) is 1. The third-order valence-corrected chi connectivity index (χ3v) is 6.11. The summed E-state index contributed by atoms with van der Waals surface area (Å²) in [6.07, 6.45) is -1.75. The highest BCUT2D eigenvalue weighted by molar-refractivity contribution is 8.07. The highest BCUT2D eigenvalue weighted by Crippen LogP contribution is 2.34. The fourth-order valence-electron chi connectivity index (χ4n) is 2.96. The summed E-state index contributed by atoms with van der Waals surface area (Å²) in [5, 5.41) is -0.667. The highest BCUT2D eigenvalue weighted by Gasteiger charge is 2.36. The van der Waals surface area contributed by atoms with E-state index in [1.165, 1.54) is 12.1 Å². The molecule has 2 fully saturated rings. The molecule has 2 saturated heterocycles. The van der Waals surface area contributed by atoms with Crippen LogP contribution in [0.2, 0.25) is 0 Å². The zero-order valence-electron chi connectivity index (χ0n) is 13.1. The van der Waals surface area contributed by atoms with Crippen LogP contribution in [0.15, 0.2) is 18.2 Å². The average molecular weight is 369 g/mol. The van der Waals surface area contributed by atoms with Crippen LogP contribution in [0.1, 0.15) is 24.3 Å². The van der Waals surface area contributed by atoms with Crippen LogP contribution >= 0.6 is 0 Å². The van der Waals surface area contributed by atoms with Crippen molar-refractivity contribution in [1.29, 1.82) is 4.78 Å². The van der Waals surface area contributed by atoms with Crippen molar-refractivity contribution < 1.29 is 27.7 Å². The Balaban J connectivity index is 1.81. The van der Waals surface area contributed by atoms with Crippen molar-refractivity contribution in [2.75, 3.05) is 17.2 Å². The lowest BCUT2D eigenvalue weighted by atomic mass is 9.92. The summed E-state index contributed by atoms with van der Waals surface area (Å²) >= 11 is 0. The molecule has 25 heavy (non-hydrogen) atoms. The third kappa shape index (κ3) is 3.21. The lowest BCUT2D eigenvalue weighted by Crippen LogP contribution is -2.32. The minimum absolute atomic E-state index is 0.0869. The first-order valence-corrected chi connectivity index (χ1v) is 9.28. The van der Waals surface area contributed by atoms with Crippen molar-refractivity contribution in [3.05, 3.63) is 29.6 Å². The maximum atomic E-state index is 14.5. The number of hydrogen-bond donors (Lipinski definition) is 2. The first-order valence-electron chi connectivity index (χ1n) is 7.55. The summed E-state index contributed by atoms with van der Waals surface area (Å²) < 4.78 is 38.4. The number of anilines is 1. The van der Waals surface area contributed by atoms with Gasteiger partial charge in [-0.05, 0) is 30.0 Å². The molecule has 0 spiro atoms. The maximum absolute atomic E-state index is 14.5. The molecule has 2 amide bonds. The number of nitrogens with one attached hydrogen (secondary N) is 1. The smallest absolute Gasteiger partial charge is 0.415 e. The Morgan fingerprint density at radius 3 is 2.68 bits per heavy atom. The van der Waals surface area contributed by atoms with Gasteiger partial charge in [-0.15, -0.1) is 0 Å². The second kappa shape index (κ2) is 6.10. The molecular weight excluding hydrogens is 353 g/mol. The van der Waals surface area contributed by atoms with Crippen LogP contribution < -0.4 is 10.6 Å². The molecule has 0 radical (unpaired) electrons. The topological polar surface area (TPSA) is 131 Å². The number of halogens is 1. The number of nitrogens with zero attached hydrogens (tertiary/aromatic N) is 1. The minimum Gasteiger partial charge on any atom is -0.434 e. The molecule has 1 aromatic rings. The molecular formula is C15H16FN3O5S. The molecule has 3 N–H and O–H groups in total. The Hall–Kier alpha value is -2.49. The van der Waals surface area contributed by atoms with Crippen LogP contribution in [0.4, 0.5) is 14.9 Å². The van der Waals surface area contributed by atoms with Gasteiger partial charge < -0.3 is 10.5 Å². The van der Waals surface area contributed by atoms with Crippen molar-refractivity contribution in [3.8, 4) is 0 Å². The molecule has 0 aromatic heterocycles. The molecule has 2 aliphatic heterocycles.